The van der Waals surface area contributed by atoms with Gasteiger partial charge in [0.1, 0.15) is 6.04 Å². The Labute approximate surface area is 91.1 Å². The standard InChI is InChI=1S/C9H9ClN2O3/c1-5(9(14)15)12-8(13)6-2-3-11-4-7(6)10/h2-5H,1H3,(H,12,13)(H,14,15). The summed E-state index contributed by atoms with van der Waals surface area (Å²) < 4.78 is 0. The molecule has 0 saturated carbocycles. The molecule has 0 radical (unpaired) electrons. The van der Waals surface area contributed by atoms with Gasteiger partial charge in [0.15, 0.2) is 0 Å². The molecule has 0 bridgehead atoms. The van der Waals surface area contributed by atoms with Gasteiger partial charge in [-0.25, -0.2) is 0 Å². The predicted octanol–water partition coefficient (Wildman–Crippen LogP) is 0.938. The monoisotopic (exact) mass is 228 g/mol. The molecule has 1 atom stereocenters. The molecule has 1 heterocycles. The number of aliphatic carboxylic acids is 1. The molecule has 6 heteroatoms. The van der Waals surface area contributed by atoms with Gasteiger partial charge < -0.3 is 10.4 Å². The number of carboxylic acid groups (broad SMARTS) is 1. The molecule has 0 saturated heterocycles. The Balaban J connectivity index is 2.78. The maximum absolute atomic E-state index is 11.5. The van der Waals surface area contributed by atoms with Gasteiger partial charge in [0.2, 0.25) is 0 Å². The van der Waals surface area contributed by atoms with Gasteiger partial charge in [-0.15, -0.1) is 0 Å². The second-order valence-electron chi connectivity index (χ2n) is 2.89. The van der Waals surface area contributed by atoms with E-state index in [0.29, 0.717) is 0 Å². The molecule has 2 N–H and O–H groups in total. The van der Waals surface area contributed by atoms with E-state index in [0.717, 1.165) is 0 Å². The Hall–Kier alpha value is -1.62. The molecule has 15 heavy (non-hydrogen) atoms. The van der Waals surface area contributed by atoms with Crippen molar-refractivity contribution in [3.8, 4) is 0 Å². The number of carboxylic acids is 1. The number of nitrogens with zero attached hydrogens (tertiary/aromatic N) is 1. The third-order valence-corrected chi connectivity index (χ3v) is 2.04. The second kappa shape index (κ2) is 4.75. The largest absolute Gasteiger partial charge is 0.480 e. The minimum absolute atomic E-state index is 0.188. The molecule has 0 fully saturated rings. The highest BCUT2D eigenvalue weighted by atomic mass is 35.5. The van der Waals surface area contributed by atoms with Crippen LogP contribution < -0.4 is 5.32 Å². The number of amides is 1. The molecule has 80 valence electrons. The third-order valence-electron chi connectivity index (χ3n) is 1.74. The number of aromatic nitrogens is 1. The van der Waals surface area contributed by atoms with Crippen LogP contribution in [0.25, 0.3) is 0 Å². The van der Waals surface area contributed by atoms with Gasteiger partial charge in [-0.2, -0.15) is 0 Å². The van der Waals surface area contributed by atoms with Crippen LogP contribution in [0.2, 0.25) is 5.02 Å². The highest BCUT2D eigenvalue weighted by Crippen LogP contribution is 2.12. The quantitative estimate of drug-likeness (QED) is 0.807. The van der Waals surface area contributed by atoms with Crippen molar-refractivity contribution in [3.63, 3.8) is 0 Å². The Kier molecular flexibility index (Phi) is 3.62. The summed E-state index contributed by atoms with van der Waals surface area (Å²) in [5.41, 5.74) is 0.208. The Morgan fingerprint density at radius 2 is 2.27 bits per heavy atom. The van der Waals surface area contributed by atoms with Crippen molar-refractivity contribution in [2.75, 3.05) is 0 Å². The van der Waals surface area contributed by atoms with E-state index in [1.165, 1.54) is 25.4 Å². The van der Waals surface area contributed by atoms with E-state index >= 15 is 0 Å². The first-order valence-corrected chi connectivity index (χ1v) is 4.53. The molecule has 1 aromatic heterocycles. The van der Waals surface area contributed by atoms with Crippen LogP contribution in [0.15, 0.2) is 18.5 Å². The zero-order valence-electron chi connectivity index (χ0n) is 7.90. The van der Waals surface area contributed by atoms with Crippen LogP contribution >= 0.6 is 11.6 Å². The lowest BCUT2D eigenvalue weighted by Gasteiger charge is -2.09. The van der Waals surface area contributed by atoms with E-state index in [1.807, 2.05) is 0 Å². The first-order valence-electron chi connectivity index (χ1n) is 4.15. The number of pyridine rings is 1. The molecule has 0 aliphatic rings. The summed E-state index contributed by atoms with van der Waals surface area (Å²) in [6.45, 7) is 1.37. The summed E-state index contributed by atoms with van der Waals surface area (Å²) in [6, 6.07) is 0.466. The number of rotatable bonds is 3. The van der Waals surface area contributed by atoms with Crippen molar-refractivity contribution < 1.29 is 14.7 Å². The first-order chi connectivity index (χ1) is 7.02. The lowest BCUT2D eigenvalue weighted by atomic mass is 10.2. The minimum Gasteiger partial charge on any atom is -0.480 e. The van der Waals surface area contributed by atoms with Gasteiger partial charge in [0, 0.05) is 12.4 Å². The first kappa shape index (κ1) is 11.5. The van der Waals surface area contributed by atoms with Crippen molar-refractivity contribution >= 4 is 23.5 Å². The number of hydrogen-bond donors (Lipinski definition) is 2. The summed E-state index contributed by atoms with van der Waals surface area (Å²) >= 11 is 5.71. The average Bonchev–Trinajstić information content (AvgIpc) is 2.18. The van der Waals surface area contributed by atoms with Crippen molar-refractivity contribution in [2.24, 2.45) is 0 Å². The van der Waals surface area contributed by atoms with Crippen LogP contribution in [0, 0.1) is 0 Å². The summed E-state index contributed by atoms with van der Waals surface area (Å²) in [7, 11) is 0. The number of hydrogen-bond acceptors (Lipinski definition) is 3. The van der Waals surface area contributed by atoms with Gasteiger partial charge >= 0.3 is 5.97 Å². The van der Waals surface area contributed by atoms with Gasteiger partial charge in [-0.05, 0) is 13.0 Å². The molecule has 1 aromatic rings. The van der Waals surface area contributed by atoms with Crippen LogP contribution in [0.4, 0.5) is 0 Å². The summed E-state index contributed by atoms with van der Waals surface area (Å²) in [5, 5.41) is 11.1. The molecule has 0 aliphatic carbocycles. The summed E-state index contributed by atoms with van der Waals surface area (Å²) in [4.78, 5) is 25.7. The summed E-state index contributed by atoms with van der Waals surface area (Å²) in [6.07, 6.45) is 2.73. The molecule has 0 aromatic carbocycles. The lowest BCUT2D eigenvalue weighted by Crippen LogP contribution is -2.38. The van der Waals surface area contributed by atoms with Crippen molar-refractivity contribution in [3.05, 3.63) is 29.0 Å². The topological polar surface area (TPSA) is 79.3 Å². The minimum atomic E-state index is -1.10. The molecule has 0 aliphatic heterocycles. The Morgan fingerprint density at radius 3 is 2.80 bits per heavy atom. The van der Waals surface area contributed by atoms with Crippen LogP contribution in [0.5, 0.6) is 0 Å². The Morgan fingerprint density at radius 1 is 1.60 bits per heavy atom. The normalized spacial score (nSPS) is 11.9. The van der Waals surface area contributed by atoms with Gasteiger partial charge in [0.05, 0.1) is 10.6 Å². The van der Waals surface area contributed by atoms with E-state index in [2.05, 4.69) is 10.3 Å². The zero-order valence-corrected chi connectivity index (χ0v) is 8.65. The van der Waals surface area contributed by atoms with E-state index < -0.39 is 17.9 Å². The van der Waals surface area contributed by atoms with E-state index in [1.54, 1.807) is 0 Å². The number of nitrogens with one attached hydrogen (secondary N) is 1. The van der Waals surface area contributed by atoms with Gasteiger partial charge in [0.25, 0.3) is 5.91 Å². The van der Waals surface area contributed by atoms with Crippen LogP contribution in [-0.4, -0.2) is 28.0 Å². The second-order valence-corrected chi connectivity index (χ2v) is 3.30. The van der Waals surface area contributed by atoms with E-state index in [9.17, 15) is 9.59 Å². The van der Waals surface area contributed by atoms with Crippen molar-refractivity contribution in [2.45, 2.75) is 13.0 Å². The van der Waals surface area contributed by atoms with Crippen molar-refractivity contribution in [1.29, 1.82) is 0 Å². The van der Waals surface area contributed by atoms with Crippen LogP contribution in [0.1, 0.15) is 17.3 Å². The maximum Gasteiger partial charge on any atom is 0.325 e. The zero-order chi connectivity index (χ0) is 11.4. The highest BCUT2D eigenvalue weighted by Gasteiger charge is 2.16. The molecule has 1 rings (SSSR count). The van der Waals surface area contributed by atoms with E-state index in [-0.39, 0.29) is 10.6 Å². The SMILES string of the molecule is CC(NC(=O)c1ccncc1Cl)C(=O)O. The average molecular weight is 229 g/mol. The number of carbonyl (C=O) groups is 2. The molecule has 0 spiro atoms. The van der Waals surface area contributed by atoms with Gasteiger partial charge in [-0.1, -0.05) is 11.6 Å². The number of halogens is 1. The van der Waals surface area contributed by atoms with Crippen molar-refractivity contribution in [1.82, 2.24) is 10.3 Å². The van der Waals surface area contributed by atoms with Gasteiger partial charge in [-0.3, -0.25) is 14.6 Å². The predicted molar refractivity (Wildman–Crippen MR) is 53.8 cm³/mol. The smallest absolute Gasteiger partial charge is 0.325 e. The molecular formula is C9H9ClN2O3. The highest BCUT2D eigenvalue weighted by molar-refractivity contribution is 6.33. The third kappa shape index (κ3) is 2.92. The van der Waals surface area contributed by atoms with E-state index in [4.69, 9.17) is 16.7 Å². The van der Waals surface area contributed by atoms with Crippen LogP contribution in [-0.2, 0) is 4.79 Å². The lowest BCUT2D eigenvalue weighted by molar-refractivity contribution is -0.138. The maximum atomic E-state index is 11.5. The fourth-order valence-corrected chi connectivity index (χ4v) is 1.10. The molecule has 5 nitrogen and oxygen atoms in total. The Bertz CT molecular complexity index is 395. The molecule has 1 amide bonds. The number of carbonyl (C=O) groups excluding carboxylic acids is 1. The van der Waals surface area contributed by atoms with Crippen LogP contribution in [0.3, 0.4) is 0 Å². The molecular weight excluding hydrogens is 220 g/mol. The molecule has 1 unspecified atom stereocenters. The fraction of sp³-hybridized carbons (Fsp3) is 0.222. The fourth-order valence-electron chi connectivity index (χ4n) is 0.895. The summed E-state index contributed by atoms with van der Waals surface area (Å²) in [5.74, 6) is -1.63.